The summed E-state index contributed by atoms with van der Waals surface area (Å²) in [7, 11) is 0. The molecule has 0 saturated carbocycles. The van der Waals surface area contributed by atoms with Gasteiger partial charge in [0.15, 0.2) is 0 Å². The number of hydrogen-bond acceptors (Lipinski definition) is 1. The fraction of sp³-hybridized carbons (Fsp3) is 1.00. The summed E-state index contributed by atoms with van der Waals surface area (Å²) in [5, 5.41) is 0. The van der Waals surface area contributed by atoms with Gasteiger partial charge in [-0.05, 0) is 46.5 Å². The third kappa shape index (κ3) is 1.80. The molecule has 2 bridgehead atoms. The van der Waals surface area contributed by atoms with Crippen LogP contribution in [0, 0.1) is 0 Å². The quantitative estimate of drug-likeness (QED) is 0.593. The van der Waals surface area contributed by atoms with E-state index in [4.69, 9.17) is 0 Å². The zero-order valence-electron chi connectivity index (χ0n) is 8.89. The Labute approximate surface area is 90.0 Å². The Bertz CT molecular complexity index is 183. The molecule has 0 N–H and O–H groups in total. The summed E-state index contributed by atoms with van der Waals surface area (Å²) in [6, 6.07) is 1.70. The Balaban J connectivity index is 2.15. The van der Waals surface area contributed by atoms with Gasteiger partial charge < -0.3 is 0 Å². The molecule has 2 heteroatoms. The van der Waals surface area contributed by atoms with Crippen molar-refractivity contribution in [3.63, 3.8) is 0 Å². The molecule has 2 aliphatic heterocycles. The van der Waals surface area contributed by atoms with E-state index in [1.807, 2.05) is 0 Å². The topological polar surface area (TPSA) is 3.24 Å². The van der Waals surface area contributed by atoms with Crippen LogP contribution in [0.1, 0.15) is 46.5 Å². The van der Waals surface area contributed by atoms with E-state index < -0.39 is 0 Å². The second kappa shape index (κ2) is 3.23. The highest BCUT2D eigenvalue weighted by atomic mass is 79.9. The monoisotopic (exact) mass is 245 g/mol. The molecule has 2 saturated heterocycles. The minimum atomic E-state index is 0.374. The van der Waals surface area contributed by atoms with E-state index in [-0.39, 0.29) is 0 Å². The molecule has 2 rings (SSSR count). The van der Waals surface area contributed by atoms with Gasteiger partial charge >= 0.3 is 0 Å². The van der Waals surface area contributed by atoms with Gasteiger partial charge in [0.25, 0.3) is 0 Å². The standard InChI is InChI=1S/C11H20BrN/c1-11(2,3)13-9-4-5-10(13)7-8(12)6-9/h8-10H,4-7H2,1-3H3. The second-order valence-corrected chi connectivity index (χ2v) is 6.83. The molecule has 1 nitrogen and oxygen atoms in total. The van der Waals surface area contributed by atoms with E-state index in [0.717, 1.165) is 16.9 Å². The van der Waals surface area contributed by atoms with Crippen LogP contribution in [0.5, 0.6) is 0 Å². The van der Waals surface area contributed by atoms with Crippen LogP contribution in [-0.4, -0.2) is 27.3 Å². The molecule has 2 aliphatic rings. The summed E-state index contributed by atoms with van der Waals surface area (Å²) < 4.78 is 0. The third-order valence-corrected chi connectivity index (χ3v) is 4.20. The molecule has 0 aromatic carbocycles. The minimum Gasteiger partial charge on any atom is -0.293 e. The summed E-state index contributed by atoms with van der Waals surface area (Å²) in [6.07, 6.45) is 5.55. The van der Waals surface area contributed by atoms with E-state index in [1.165, 1.54) is 25.7 Å². The van der Waals surface area contributed by atoms with Crippen molar-refractivity contribution in [2.24, 2.45) is 0 Å². The fourth-order valence-corrected chi connectivity index (χ4v) is 4.07. The Morgan fingerprint density at radius 1 is 1.08 bits per heavy atom. The maximum atomic E-state index is 3.78. The zero-order chi connectivity index (χ0) is 9.64. The van der Waals surface area contributed by atoms with Crippen molar-refractivity contribution in [3.05, 3.63) is 0 Å². The molecular weight excluding hydrogens is 226 g/mol. The normalized spacial score (nSPS) is 41.1. The molecule has 13 heavy (non-hydrogen) atoms. The Morgan fingerprint density at radius 3 is 1.92 bits per heavy atom. The van der Waals surface area contributed by atoms with Gasteiger partial charge in [-0.15, -0.1) is 0 Å². The maximum absolute atomic E-state index is 3.78. The summed E-state index contributed by atoms with van der Waals surface area (Å²) in [5.41, 5.74) is 0.374. The number of nitrogens with zero attached hydrogens (tertiary/aromatic N) is 1. The van der Waals surface area contributed by atoms with Crippen LogP contribution >= 0.6 is 15.9 Å². The first-order valence-electron chi connectivity index (χ1n) is 5.41. The van der Waals surface area contributed by atoms with Crippen molar-refractivity contribution < 1.29 is 0 Å². The van der Waals surface area contributed by atoms with Crippen LogP contribution in [0.15, 0.2) is 0 Å². The molecule has 0 amide bonds. The molecule has 2 atom stereocenters. The first kappa shape index (κ1) is 9.97. The molecule has 0 aliphatic carbocycles. The van der Waals surface area contributed by atoms with Gasteiger partial charge in [-0.1, -0.05) is 15.9 Å². The first-order chi connectivity index (χ1) is 5.98. The SMILES string of the molecule is CC(C)(C)N1C2CCC1CC(Br)C2. The Morgan fingerprint density at radius 2 is 1.54 bits per heavy atom. The molecule has 2 fully saturated rings. The van der Waals surface area contributed by atoms with Gasteiger partial charge in [0.1, 0.15) is 0 Å². The average Bonchev–Trinajstić information content (AvgIpc) is 2.23. The van der Waals surface area contributed by atoms with Gasteiger partial charge in [0.05, 0.1) is 0 Å². The number of halogens is 1. The largest absolute Gasteiger partial charge is 0.293 e. The number of fused-ring (bicyclic) bond motifs is 2. The van der Waals surface area contributed by atoms with Gasteiger partial charge in [0, 0.05) is 22.4 Å². The van der Waals surface area contributed by atoms with E-state index in [0.29, 0.717) is 5.54 Å². The Hall–Kier alpha value is 0.440. The fourth-order valence-electron chi connectivity index (χ4n) is 3.21. The van der Waals surface area contributed by atoms with Crippen LogP contribution < -0.4 is 0 Å². The Kier molecular flexibility index (Phi) is 2.48. The predicted octanol–water partition coefficient (Wildman–Crippen LogP) is 3.18. The molecule has 0 spiro atoms. The highest BCUT2D eigenvalue weighted by Gasteiger charge is 2.44. The van der Waals surface area contributed by atoms with E-state index in [1.54, 1.807) is 0 Å². The van der Waals surface area contributed by atoms with Crippen molar-refractivity contribution in [3.8, 4) is 0 Å². The van der Waals surface area contributed by atoms with E-state index >= 15 is 0 Å². The summed E-state index contributed by atoms with van der Waals surface area (Å²) in [4.78, 5) is 3.54. The molecule has 2 unspecified atom stereocenters. The van der Waals surface area contributed by atoms with Crippen molar-refractivity contribution in [2.75, 3.05) is 0 Å². The molecule has 0 radical (unpaired) electrons. The molecule has 76 valence electrons. The first-order valence-corrected chi connectivity index (χ1v) is 6.32. The molecule has 2 heterocycles. The van der Waals surface area contributed by atoms with Gasteiger partial charge in [0.2, 0.25) is 0 Å². The lowest BCUT2D eigenvalue weighted by Crippen LogP contribution is -2.53. The van der Waals surface area contributed by atoms with Crippen molar-refractivity contribution in [2.45, 2.75) is 68.9 Å². The molecule has 0 aromatic rings. The van der Waals surface area contributed by atoms with Gasteiger partial charge in [-0.3, -0.25) is 4.90 Å². The van der Waals surface area contributed by atoms with Crippen LogP contribution in [0.3, 0.4) is 0 Å². The third-order valence-electron chi connectivity index (χ3n) is 3.45. The molecular formula is C11H20BrN. The minimum absolute atomic E-state index is 0.374. The predicted molar refractivity (Wildman–Crippen MR) is 60.4 cm³/mol. The van der Waals surface area contributed by atoms with Crippen molar-refractivity contribution in [1.82, 2.24) is 4.90 Å². The number of rotatable bonds is 0. The highest BCUT2D eigenvalue weighted by Crippen LogP contribution is 2.42. The number of alkyl halides is 1. The lowest BCUT2D eigenvalue weighted by atomic mass is 9.95. The summed E-state index contributed by atoms with van der Waals surface area (Å²) in [6.45, 7) is 7.06. The van der Waals surface area contributed by atoms with Crippen molar-refractivity contribution >= 4 is 15.9 Å². The smallest absolute Gasteiger partial charge is 0.0175 e. The lowest BCUT2D eigenvalue weighted by Gasteiger charge is -2.45. The molecule has 0 aromatic heterocycles. The average molecular weight is 246 g/mol. The maximum Gasteiger partial charge on any atom is 0.0175 e. The second-order valence-electron chi connectivity index (χ2n) is 5.53. The van der Waals surface area contributed by atoms with Gasteiger partial charge in [-0.2, -0.15) is 0 Å². The van der Waals surface area contributed by atoms with Gasteiger partial charge in [-0.25, -0.2) is 0 Å². The van der Waals surface area contributed by atoms with Crippen molar-refractivity contribution in [1.29, 1.82) is 0 Å². The van der Waals surface area contributed by atoms with Crippen LogP contribution in [0.25, 0.3) is 0 Å². The summed E-state index contributed by atoms with van der Waals surface area (Å²) >= 11 is 3.78. The number of hydrogen-bond donors (Lipinski definition) is 0. The zero-order valence-corrected chi connectivity index (χ0v) is 10.5. The number of piperidine rings is 1. The summed E-state index contributed by atoms with van der Waals surface area (Å²) in [5.74, 6) is 0. The van der Waals surface area contributed by atoms with Crippen LogP contribution in [0.4, 0.5) is 0 Å². The van der Waals surface area contributed by atoms with E-state index in [2.05, 4.69) is 41.6 Å². The van der Waals surface area contributed by atoms with Crippen LogP contribution in [-0.2, 0) is 0 Å². The van der Waals surface area contributed by atoms with Crippen LogP contribution in [0.2, 0.25) is 0 Å². The van der Waals surface area contributed by atoms with E-state index in [9.17, 15) is 0 Å². The lowest BCUT2D eigenvalue weighted by molar-refractivity contribution is 0.0472. The highest BCUT2D eigenvalue weighted by molar-refractivity contribution is 9.09.